The van der Waals surface area contributed by atoms with E-state index < -0.39 is 0 Å². The Labute approximate surface area is 168 Å². The molecule has 2 saturated heterocycles. The number of piperidine rings is 1. The number of hydrogen-bond donors (Lipinski definition) is 0. The van der Waals surface area contributed by atoms with Crippen molar-refractivity contribution in [3.05, 3.63) is 35.4 Å². The van der Waals surface area contributed by atoms with Gasteiger partial charge in [0.2, 0.25) is 11.8 Å². The number of carbonyl (C=O) groups excluding carboxylic acids is 2. The predicted octanol–water partition coefficient (Wildman–Crippen LogP) is 2.80. The second kappa shape index (κ2) is 7.51. The van der Waals surface area contributed by atoms with Crippen molar-refractivity contribution in [1.82, 2.24) is 9.80 Å². The van der Waals surface area contributed by atoms with E-state index in [9.17, 15) is 9.59 Å². The van der Waals surface area contributed by atoms with Gasteiger partial charge >= 0.3 is 0 Å². The largest absolute Gasteiger partial charge is 0.372 e. The number of nitrogens with zero attached hydrogens (tertiary/aromatic N) is 2. The van der Waals surface area contributed by atoms with Gasteiger partial charge in [-0.3, -0.25) is 9.59 Å². The number of amides is 2. The molecule has 2 heterocycles. The molecule has 4 rings (SSSR count). The van der Waals surface area contributed by atoms with E-state index >= 15 is 0 Å². The minimum absolute atomic E-state index is 0.114. The summed E-state index contributed by atoms with van der Waals surface area (Å²) in [6.07, 6.45) is 3.61. The van der Waals surface area contributed by atoms with Crippen LogP contribution in [0.2, 0.25) is 0 Å². The van der Waals surface area contributed by atoms with Crippen LogP contribution in [0, 0.1) is 18.3 Å². The van der Waals surface area contributed by atoms with Crippen molar-refractivity contribution in [2.75, 3.05) is 26.2 Å². The molecule has 3 aliphatic rings. The SMILES string of the molecule is Cc1cccc(CC(=O)N2CCC3(CC2)CC3C(=O)N2C[C@@H](C)O[C@@H](C)C2)c1. The third kappa shape index (κ3) is 3.95. The molecule has 1 saturated carbocycles. The van der Waals surface area contributed by atoms with Gasteiger partial charge in [0.05, 0.1) is 18.6 Å². The highest BCUT2D eigenvalue weighted by Crippen LogP contribution is 2.60. The van der Waals surface area contributed by atoms with Crippen LogP contribution in [0.25, 0.3) is 0 Å². The second-order valence-corrected chi connectivity index (χ2v) is 9.17. The maximum Gasteiger partial charge on any atom is 0.226 e. The normalized spacial score (nSPS) is 29.0. The number of morpholine rings is 1. The van der Waals surface area contributed by atoms with E-state index in [0.29, 0.717) is 25.4 Å². The molecule has 2 amide bonds. The van der Waals surface area contributed by atoms with Gasteiger partial charge in [-0.25, -0.2) is 0 Å². The van der Waals surface area contributed by atoms with E-state index in [1.54, 1.807) is 0 Å². The minimum atomic E-state index is 0.114. The summed E-state index contributed by atoms with van der Waals surface area (Å²) in [6.45, 7) is 9.11. The molecule has 1 aliphatic carbocycles. The lowest BCUT2D eigenvalue weighted by Crippen LogP contribution is -2.49. The van der Waals surface area contributed by atoms with Crippen molar-refractivity contribution in [3.63, 3.8) is 0 Å². The number of rotatable bonds is 3. The van der Waals surface area contributed by atoms with Gasteiger partial charge in [0.15, 0.2) is 0 Å². The van der Waals surface area contributed by atoms with Gasteiger partial charge in [0.25, 0.3) is 0 Å². The molecule has 5 nitrogen and oxygen atoms in total. The van der Waals surface area contributed by atoms with Crippen LogP contribution in [0.4, 0.5) is 0 Å². The van der Waals surface area contributed by atoms with Crippen LogP contribution >= 0.6 is 0 Å². The molecule has 1 unspecified atom stereocenters. The molecule has 1 aromatic rings. The van der Waals surface area contributed by atoms with Crippen molar-refractivity contribution < 1.29 is 14.3 Å². The lowest BCUT2D eigenvalue weighted by atomic mass is 9.90. The van der Waals surface area contributed by atoms with Crippen LogP contribution in [-0.2, 0) is 20.7 Å². The summed E-state index contributed by atoms with van der Waals surface area (Å²) >= 11 is 0. The quantitative estimate of drug-likeness (QED) is 0.805. The lowest BCUT2D eigenvalue weighted by Gasteiger charge is -2.37. The Morgan fingerprint density at radius 3 is 2.43 bits per heavy atom. The van der Waals surface area contributed by atoms with Crippen molar-refractivity contribution >= 4 is 11.8 Å². The van der Waals surface area contributed by atoms with Crippen molar-refractivity contribution in [2.24, 2.45) is 11.3 Å². The molecule has 3 atom stereocenters. The molecule has 5 heteroatoms. The average Bonchev–Trinajstić information content (AvgIpc) is 3.34. The Balaban J connectivity index is 1.30. The first-order valence-corrected chi connectivity index (χ1v) is 10.6. The average molecular weight is 385 g/mol. The third-order valence-electron chi connectivity index (χ3n) is 6.77. The Morgan fingerprint density at radius 1 is 1.11 bits per heavy atom. The summed E-state index contributed by atoms with van der Waals surface area (Å²) in [6, 6.07) is 8.18. The zero-order valence-corrected chi connectivity index (χ0v) is 17.3. The van der Waals surface area contributed by atoms with Gasteiger partial charge in [0, 0.05) is 32.1 Å². The standard InChI is InChI=1S/C23H32N2O3/c1-16-5-4-6-19(11-16)12-21(26)24-9-7-23(8-10-24)13-20(23)22(27)25-14-17(2)28-18(3)15-25/h4-6,11,17-18,20H,7-10,12-15H2,1-3H3/t17-,18+,20?. The summed E-state index contributed by atoms with van der Waals surface area (Å²) < 4.78 is 5.76. The minimum Gasteiger partial charge on any atom is -0.372 e. The zero-order valence-electron chi connectivity index (χ0n) is 17.3. The number of benzene rings is 1. The fraction of sp³-hybridized carbons (Fsp3) is 0.652. The molecular weight excluding hydrogens is 352 g/mol. The van der Waals surface area contributed by atoms with Crippen LogP contribution in [0.3, 0.4) is 0 Å². The summed E-state index contributed by atoms with van der Waals surface area (Å²) in [5.74, 6) is 0.667. The van der Waals surface area contributed by atoms with Crippen molar-refractivity contribution in [2.45, 2.75) is 58.7 Å². The predicted molar refractivity (Wildman–Crippen MR) is 108 cm³/mol. The highest BCUT2D eigenvalue weighted by atomic mass is 16.5. The molecule has 2 aliphatic heterocycles. The molecular formula is C23H32N2O3. The number of likely N-dealkylation sites (tertiary alicyclic amines) is 1. The van der Waals surface area contributed by atoms with Gasteiger partial charge < -0.3 is 14.5 Å². The van der Waals surface area contributed by atoms with E-state index in [-0.39, 0.29) is 29.4 Å². The van der Waals surface area contributed by atoms with Gasteiger partial charge in [0.1, 0.15) is 0 Å². The molecule has 0 radical (unpaired) electrons. The van der Waals surface area contributed by atoms with Crippen LogP contribution in [0.5, 0.6) is 0 Å². The number of ether oxygens (including phenoxy) is 1. The topological polar surface area (TPSA) is 49.9 Å². The smallest absolute Gasteiger partial charge is 0.226 e. The monoisotopic (exact) mass is 384 g/mol. The summed E-state index contributed by atoms with van der Waals surface area (Å²) in [4.78, 5) is 29.7. The fourth-order valence-corrected chi connectivity index (χ4v) is 5.14. The van der Waals surface area contributed by atoms with E-state index in [4.69, 9.17) is 4.74 Å². The van der Waals surface area contributed by atoms with Crippen molar-refractivity contribution in [1.29, 1.82) is 0 Å². The first-order valence-electron chi connectivity index (χ1n) is 10.6. The van der Waals surface area contributed by atoms with E-state index in [2.05, 4.69) is 19.1 Å². The van der Waals surface area contributed by atoms with Gasteiger partial charge in [-0.2, -0.15) is 0 Å². The summed E-state index contributed by atoms with van der Waals surface area (Å²) in [5, 5.41) is 0. The highest BCUT2D eigenvalue weighted by Gasteiger charge is 2.59. The molecule has 28 heavy (non-hydrogen) atoms. The van der Waals surface area contributed by atoms with Crippen LogP contribution in [-0.4, -0.2) is 60.0 Å². The number of hydrogen-bond acceptors (Lipinski definition) is 3. The molecule has 0 N–H and O–H groups in total. The third-order valence-corrected chi connectivity index (χ3v) is 6.77. The van der Waals surface area contributed by atoms with Crippen LogP contribution in [0.15, 0.2) is 24.3 Å². The second-order valence-electron chi connectivity index (χ2n) is 9.17. The number of carbonyl (C=O) groups is 2. The van der Waals surface area contributed by atoms with E-state index in [1.807, 2.05) is 35.8 Å². The maximum atomic E-state index is 13.0. The number of aryl methyl sites for hydroxylation is 1. The first kappa shape index (κ1) is 19.4. The molecule has 0 bridgehead atoms. The molecule has 3 fully saturated rings. The zero-order chi connectivity index (χ0) is 19.9. The molecule has 152 valence electrons. The maximum absolute atomic E-state index is 13.0. The van der Waals surface area contributed by atoms with E-state index in [0.717, 1.165) is 37.9 Å². The van der Waals surface area contributed by atoms with Gasteiger partial charge in [-0.15, -0.1) is 0 Å². The Bertz CT molecular complexity index is 744. The summed E-state index contributed by atoms with van der Waals surface area (Å²) in [5.41, 5.74) is 2.41. The Kier molecular flexibility index (Phi) is 5.21. The Hall–Kier alpha value is -1.88. The van der Waals surface area contributed by atoms with E-state index in [1.165, 1.54) is 5.56 Å². The van der Waals surface area contributed by atoms with Crippen LogP contribution in [0.1, 0.15) is 44.2 Å². The fourth-order valence-electron chi connectivity index (χ4n) is 5.14. The van der Waals surface area contributed by atoms with Gasteiger partial charge in [-0.1, -0.05) is 29.8 Å². The summed E-state index contributed by atoms with van der Waals surface area (Å²) in [7, 11) is 0. The molecule has 0 aromatic heterocycles. The Morgan fingerprint density at radius 2 is 1.79 bits per heavy atom. The van der Waals surface area contributed by atoms with Gasteiger partial charge in [-0.05, 0) is 51.0 Å². The molecule has 1 spiro atoms. The highest BCUT2D eigenvalue weighted by molar-refractivity contribution is 5.83. The van der Waals surface area contributed by atoms with Crippen LogP contribution < -0.4 is 0 Å². The van der Waals surface area contributed by atoms with Crippen molar-refractivity contribution in [3.8, 4) is 0 Å². The lowest BCUT2D eigenvalue weighted by molar-refractivity contribution is -0.145. The molecule has 1 aromatic carbocycles. The first-order chi connectivity index (χ1) is 13.4.